The summed E-state index contributed by atoms with van der Waals surface area (Å²) >= 11 is 0. The van der Waals surface area contributed by atoms with E-state index >= 15 is 0 Å². The number of hydrogen-bond donors (Lipinski definition) is 0. The molecule has 0 saturated carbocycles. The Kier molecular flexibility index (Phi) is 4.90. The monoisotopic (exact) mass is 428 g/mol. The maximum Gasteiger partial charge on any atom is 0.420 e. The predicted octanol–water partition coefficient (Wildman–Crippen LogP) is 4.52. The predicted molar refractivity (Wildman–Crippen MR) is 124 cm³/mol. The summed E-state index contributed by atoms with van der Waals surface area (Å²) < 4.78 is 12.8. The van der Waals surface area contributed by atoms with Gasteiger partial charge in [0.15, 0.2) is 5.58 Å². The highest BCUT2D eigenvalue weighted by molar-refractivity contribution is 6.04. The van der Waals surface area contributed by atoms with Gasteiger partial charge in [0.05, 0.1) is 17.8 Å². The molecule has 0 saturated heterocycles. The molecule has 0 atom stereocenters. The van der Waals surface area contributed by atoms with Gasteiger partial charge in [0.1, 0.15) is 17.0 Å². The Morgan fingerprint density at radius 2 is 1.84 bits per heavy atom. The molecule has 0 amide bonds. The molecule has 5 aromatic rings. The zero-order valence-corrected chi connectivity index (χ0v) is 18.5. The summed E-state index contributed by atoms with van der Waals surface area (Å²) in [5.74, 6) is 0.383. The summed E-state index contributed by atoms with van der Waals surface area (Å²) in [6.07, 6.45) is 0. The number of nitrogens with zero attached hydrogens (tertiary/aromatic N) is 4. The Balaban J connectivity index is 1.79. The fraction of sp³-hybridized carbons (Fsp3) is 0.240. The van der Waals surface area contributed by atoms with E-state index in [0.717, 1.165) is 50.3 Å². The second kappa shape index (κ2) is 7.76. The highest BCUT2D eigenvalue weighted by Gasteiger charge is 2.20. The average Bonchev–Trinajstić information content (AvgIpc) is 3.27. The number of aryl methyl sites for hydroxylation is 2. The lowest BCUT2D eigenvalue weighted by Gasteiger charge is -2.12. The van der Waals surface area contributed by atoms with Crippen LogP contribution in [-0.2, 0) is 13.1 Å². The average molecular weight is 428 g/mol. The lowest BCUT2D eigenvalue weighted by Crippen LogP contribution is -2.15. The molecular formula is C25H24N4O3. The number of pyridine rings is 1. The lowest BCUT2D eigenvalue weighted by atomic mass is 10.0. The molecule has 3 aromatic heterocycles. The molecule has 162 valence electrons. The summed E-state index contributed by atoms with van der Waals surface area (Å²) in [4.78, 5) is 19.8. The second-order valence-corrected chi connectivity index (χ2v) is 8.34. The Bertz CT molecular complexity index is 1470. The minimum absolute atomic E-state index is 0.382. The van der Waals surface area contributed by atoms with Crippen LogP contribution < -0.4 is 5.76 Å². The first kappa shape index (κ1) is 20.2. The van der Waals surface area contributed by atoms with E-state index in [-0.39, 0.29) is 5.76 Å². The zero-order valence-electron chi connectivity index (χ0n) is 18.5. The molecule has 0 spiro atoms. The fourth-order valence-corrected chi connectivity index (χ4v) is 4.26. The normalized spacial score (nSPS) is 11.8. The van der Waals surface area contributed by atoms with E-state index in [2.05, 4.69) is 5.16 Å². The van der Waals surface area contributed by atoms with E-state index in [1.54, 1.807) is 4.57 Å². The van der Waals surface area contributed by atoms with Crippen molar-refractivity contribution in [2.75, 3.05) is 14.1 Å². The molecule has 7 nitrogen and oxygen atoms in total. The quantitative estimate of drug-likeness (QED) is 0.409. The molecule has 5 rings (SSSR count). The molecule has 0 aliphatic rings. The molecular weight excluding hydrogens is 404 g/mol. The van der Waals surface area contributed by atoms with E-state index in [4.69, 9.17) is 13.9 Å². The van der Waals surface area contributed by atoms with Crippen molar-refractivity contribution in [3.8, 4) is 11.1 Å². The molecule has 0 N–H and O–H groups in total. The topological polar surface area (TPSA) is 77.3 Å². The maximum atomic E-state index is 12.9. The third-order valence-corrected chi connectivity index (χ3v) is 5.64. The van der Waals surface area contributed by atoms with Crippen LogP contribution >= 0.6 is 0 Å². The fourth-order valence-electron chi connectivity index (χ4n) is 4.26. The minimum Gasteiger partial charge on any atom is -0.406 e. The van der Waals surface area contributed by atoms with Gasteiger partial charge in [-0.1, -0.05) is 41.6 Å². The highest BCUT2D eigenvalue weighted by Crippen LogP contribution is 2.33. The van der Waals surface area contributed by atoms with Crippen LogP contribution in [0.5, 0.6) is 0 Å². The number of rotatable bonds is 5. The maximum absolute atomic E-state index is 12.9. The molecule has 7 heteroatoms. The number of fused-ring (bicyclic) bond motifs is 3. The first-order chi connectivity index (χ1) is 15.4. The van der Waals surface area contributed by atoms with Crippen molar-refractivity contribution in [1.29, 1.82) is 0 Å². The number of oxazole rings is 1. The molecule has 3 heterocycles. The van der Waals surface area contributed by atoms with Gasteiger partial charge in [0, 0.05) is 17.5 Å². The van der Waals surface area contributed by atoms with Crippen LogP contribution in [0.15, 0.2) is 62.3 Å². The van der Waals surface area contributed by atoms with Crippen LogP contribution in [0.4, 0.5) is 0 Å². The van der Waals surface area contributed by atoms with Crippen LogP contribution in [0, 0.1) is 13.8 Å². The summed E-state index contributed by atoms with van der Waals surface area (Å²) in [6.45, 7) is 4.82. The standard InChI is InChI=1S/C25H24N4O3/c1-15-22(16(2)32-27-15)18-10-11-19-20(12-18)26-21(14-28(3)4)24-23(19)29(25(30)31-24)13-17-8-6-5-7-9-17/h5-12H,13-14H2,1-4H3. The second-order valence-electron chi connectivity index (χ2n) is 8.34. The van der Waals surface area contributed by atoms with Crippen LogP contribution in [0.25, 0.3) is 33.1 Å². The van der Waals surface area contributed by atoms with Crippen molar-refractivity contribution in [3.63, 3.8) is 0 Å². The van der Waals surface area contributed by atoms with E-state index in [9.17, 15) is 4.79 Å². The number of benzene rings is 2. The van der Waals surface area contributed by atoms with Gasteiger partial charge in [-0.3, -0.25) is 4.57 Å². The van der Waals surface area contributed by atoms with Crippen molar-refractivity contribution >= 4 is 22.0 Å². The molecule has 0 bridgehead atoms. The van der Waals surface area contributed by atoms with Crippen molar-refractivity contribution in [1.82, 2.24) is 19.6 Å². The molecule has 0 unspecified atom stereocenters. The van der Waals surface area contributed by atoms with Gasteiger partial charge >= 0.3 is 5.76 Å². The van der Waals surface area contributed by atoms with Gasteiger partial charge in [0.2, 0.25) is 0 Å². The summed E-state index contributed by atoms with van der Waals surface area (Å²) in [5, 5.41) is 4.96. The molecule has 2 aromatic carbocycles. The van der Waals surface area contributed by atoms with Crippen molar-refractivity contribution in [3.05, 3.63) is 81.8 Å². The Labute approximate surface area is 184 Å². The SMILES string of the molecule is Cc1noc(C)c1-c1ccc2c(c1)nc(CN(C)C)c1oc(=O)n(Cc3ccccc3)c12. The molecule has 0 aliphatic carbocycles. The number of hydrogen-bond acceptors (Lipinski definition) is 6. The molecule has 0 fully saturated rings. The third-order valence-electron chi connectivity index (χ3n) is 5.64. The molecule has 0 aliphatic heterocycles. The zero-order chi connectivity index (χ0) is 22.4. The smallest absolute Gasteiger partial charge is 0.406 e. The van der Waals surface area contributed by atoms with Gasteiger partial charge in [0.25, 0.3) is 0 Å². The molecule has 0 radical (unpaired) electrons. The van der Waals surface area contributed by atoms with Gasteiger partial charge in [-0.15, -0.1) is 0 Å². The number of aromatic nitrogens is 3. The van der Waals surface area contributed by atoms with Crippen molar-refractivity contribution < 1.29 is 8.94 Å². The first-order valence-corrected chi connectivity index (χ1v) is 10.5. The van der Waals surface area contributed by atoms with Gasteiger partial charge in [-0.05, 0) is 51.2 Å². The largest absolute Gasteiger partial charge is 0.420 e. The summed E-state index contributed by atoms with van der Waals surface area (Å²) in [6, 6.07) is 16.0. The van der Waals surface area contributed by atoms with Crippen LogP contribution in [0.2, 0.25) is 0 Å². The van der Waals surface area contributed by atoms with Crippen LogP contribution in [-0.4, -0.2) is 33.7 Å². The summed E-state index contributed by atoms with van der Waals surface area (Å²) in [5.41, 5.74) is 6.66. The van der Waals surface area contributed by atoms with E-state index < -0.39 is 0 Å². The Morgan fingerprint density at radius 1 is 1.06 bits per heavy atom. The first-order valence-electron chi connectivity index (χ1n) is 10.5. The van der Waals surface area contributed by atoms with Gasteiger partial charge in [-0.25, -0.2) is 9.78 Å². The van der Waals surface area contributed by atoms with Crippen molar-refractivity contribution in [2.45, 2.75) is 26.9 Å². The van der Waals surface area contributed by atoms with Gasteiger partial charge < -0.3 is 13.8 Å². The summed E-state index contributed by atoms with van der Waals surface area (Å²) in [7, 11) is 3.94. The Morgan fingerprint density at radius 3 is 2.53 bits per heavy atom. The lowest BCUT2D eigenvalue weighted by molar-refractivity contribution is 0.393. The Hall–Kier alpha value is -3.71. The van der Waals surface area contributed by atoms with Crippen molar-refractivity contribution in [2.24, 2.45) is 0 Å². The van der Waals surface area contributed by atoms with Crippen LogP contribution in [0.3, 0.4) is 0 Å². The van der Waals surface area contributed by atoms with E-state index in [0.29, 0.717) is 18.7 Å². The molecule has 32 heavy (non-hydrogen) atoms. The highest BCUT2D eigenvalue weighted by atomic mass is 16.5. The van der Waals surface area contributed by atoms with Crippen LogP contribution in [0.1, 0.15) is 22.7 Å². The van der Waals surface area contributed by atoms with Gasteiger partial charge in [-0.2, -0.15) is 0 Å². The minimum atomic E-state index is -0.382. The third kappa shape index (κ3) is 3.40. The van der Waals surface area contributed by atoms with E-state index in [1.165, 1.54) is 0 Å². The van der Waals surface area contributed by atoms with E-state index in [1.807, 2.05) is 81.4 Å².